The highest BCUT2D eigenvalue weighted by Gasteiger charge is 2.12. The van der Waals surface area contributed by atoms with Gasteiger partial charge in [0.1, 0.15) is 6.61 Å². The maximum Gasteiger partial charge on any atom is 0.164 e. The smallest absolute Gasteiger partial charge is 0.164 e. The van der Waals surface area contributed by atoms with E-state index in [4.69, 9.17) is 4.74 Å². The van der Waals surface area contributed by atoms with Gasteiger partial charge in [0.15, 0.2) is 11.6 Å². The first kappa shape index (κ1) is 12.7. The van der Waals surface area contributed by atoms with Crippen LogP contribution in [0.1, 0.15) is 11.4 Å². The van der Waals surface area contributed by atoms with Gasteiger partial charge >= 0.3 is 0 Å². The summed E-state index contributed by atoms with van der Waals surface area (Å²) >= 11 is 0. The largest absolute Gasteiger partial charge is 0.388 e. The monoisotopic (exact) mass is 247 g/mol. The quantitative estimate of drug-likeness (QED) is 0.867. The van der Waals surface area contributed by atoms with Crippen LogP contribution in [0.15, 0.2) is 24.3 Å². The van der Waals surface area contributed by atoms with Gasteiger partial charge in [-0.1, -0.05) is 29.8 Å². The number of rotatable bonds is 5. The summed E-state index contributed by atoms with van der Waals surface area (Å²) in [5, 5.41) is 17.4. The van der Waals surface area contributed by atoms with Crippen LogP contribution in [-0.2, 0) is 17.9 Å². The Labute approximate surface area is 106 Å². The third-order valence-electron chi connectivity index (χ3n) is 2.80. The van der Waals surface area contributed by atoms with Gasteiger partial charge in [-0.2, -0.15) is 0 Å². The number of methoxy groups -OCH3 is 1. The Balaban J connectivity index is 2.37. The minimum Gasteiger partial charge on any atom is -0.388 e. The zero-order valence-corrected chi connectivity index (χ0v) is 10.6. The van der Waals surface area contributed by atoms with Crippen molar-refractivity contribution in [3.05, 3.63) is 35.7 Å². The highest BCUT2D eigenvalue weighted by molar-refractivity contribution is 5.55. The van der Waals surface area contributed by atoms with Crippen LogP contribution in [0.3, 0.4) is 0 Å². The van der Waals surface area contributed by atoms with E-state index in [1.807, 2.05) is 35.8 Å². The van der Waals surface area contributed by atoms with Crippen LogP contribution in [0, 0.1) is 6.92 Å². The van der Waals surface area contributed by atoms with Gasteiger partial charge in [-0.05, 0) is 6.92 Å². The van der Waals surface area contributed by atoms with Crippen LogP contribution in [-0.4, -0.2) is 33.6 Å². The molecule has 5 nitrogen and oxygen atoms in total. The minimum absolute atomic E-state index is 0.122. The highest BCUT2D eigenvalue weighted by Crippen LogP contribution is 2.19. The minimum atomic E-state index is -0.122. The van der Waals surface area contributed by atoms with E-state index in [9.17, 15) is 5.11 Å². The molecular formula is C13H17N3O2. The number of aryl methyl sites for hydroxylation is 1. The summed E-state index contributed by atoms with van der Waals surface area (Å²) < 4.78 is 6.95. The lowest BCUT2D eigenvalue weighted by molar-refractivity contribution is 0.183. The van der Waals surface area contributed by atoms with Gasteiger partial charge in [0, 0.05) is 19.2 Å². The fourth-order valence-electron chi connectivity index (χ4n) is 1.79. The van der Waals surface area contributed by atoms with E-state index in [2.05, 4.69) is 10.2 Å². The molecule has 0 saturated carbocycles. The maximum atomic E-state index is 9.26. The zero-order valence-electron chi connectivity index (χ0n) is 10.6. The molecule has 2 rings (SSSR count). The Morgan fingerprint density at radius 3 is 2.56 bits per heavy atom. The molecule has 0 aliphatic heterocycles. The SMILES string of the molecule is COCCn1c(CO)nnc1-c1ccc(C)cc1. The molecule has 0 bridgehead atoms. The van der Waals surface area contributed by atoms with Crippen molar-refractivity contribution in [2.75, 3.05) is 13.7 Å². The summed E-state index contributed by atoms with van der Waals surface area (Å²) in [5.41, 5.74) is 2.19. The van der Waals surface area contributed by atoms with Crippen molar-refractivity contribution in [1.82, 2.24) is 14.8 Å². The fourth-order valence-corrected chi connectivity index (χ4v) is 1.79. The molecule has 18 heavy (non-hydrogen) atoms. The number of aliphatic hydroxyl groups is 1. The third kappa shape index (κ3) is 2.57. The first-order valence-corrected chi connectivity index (χ1v) is 5.85. The zero-order chi connectivity index (χ0) is 13.0. The van der Waals surface area contributed by atoms with Crippen LogP contribution in [0.25, 0.3) is 11.4 Å². The molecule has 2 aromatic rings. The lowest BCUT2D eigenvalue weighted by atomic mass is 10.1. The second-order valence-electron chi connectivity index (χ2n) is 4.11. The van der Waals surface area contributed by atoms with E-state index in [1.54, 1.807) is 7.11 Å². The predicted octanol–water partition coefficient (Wildman–Crippen LogP) is 1.39. The molecule has 96 valence electrons. The number of aliphatic hydroxyl groups excluding tert-OH is 1. The molecule has 0 atom stereocenters. The van der Waals surface area contributed by atoms with Crippen molar-refractivity contribution in [3.63, 3.8) is 0 Å². The normalized spacial score (nSPS) is 10.8. The number of benzene rings is 1. The van der Waals surface area contributed by atoms with Gasteiger partial charge in [-0.15, -0.1) is 10.2 Å². The van der Waals surface area contributed by atoms with Gasteiger partial charge in [0.2, 0.25) is 0 Å². The summed E-state index contributed by atoms with van der Waals surface area (Å²) in [6.07, 6.45) is 0. The van der Waals surface area contributed by atoms with Gasteiger partial charge in [-0.25, -0.2) is 0 Å². The van der Waals surface area contributed by atoms with Crippen molar-refractivity contribution in [2.24, 2.45) is 0 Å². The lowest BCUT2D eigenvalue weighted by Gasteiger charge is -2.08. The summed E-state index contributed by atoms with van der Waals surface area (Å²) in [6.45, 7) is 3.10. The van der Waals surface area contributed by atoms with Crippen molar-refractivity contribution in [1.29, 1.82) is 0 Å². The van der Waals surface area contributed by atoms with E-state index in [1.165, 1.54) is 5.56 Å². The molecule has 0 aliphatic carbocycles. The Kier molecular flexibility index (Phi) is 4.07. The summed E-state index contributed by atoms with van der Waals surface area (Å²) in [5.74, 6) is 1.32. The first-order chi connectivity index (χ1) is 8.76. The van der Waals surface area contributed by atoms with Crippen molar-refractivity contribution >= 4 is 0 Å². The molecule has 0 aliphatic rings. The van der Waals surface area contributed by atoms with Crippen LogP contribution in [0.2, 0.25) is 0 Å². The molecule has 0 unspecified atom stereocenters. The second kappa shape index (κ2) is 5.75. The molecule has 0 amide bonds. The predicted molar refractivity (Wildman–Crippen MR) is 68.0 cm³/mol. The molecule has 1 heterocycles. The van der Waals surface area contributed by atoms with Crippen LogP contribution >= 0.6 is 0 Å². The molecule has 0 radical (unpaired) electrons. The van der Waals surface area contributed by atoms with Crippen molar-refractivity contribution in [3.8, 4) is 11.4 Å². The standard InChI is InChI=1S/C13H17N3O2/c1-10-3-5-11(6-4-10)13-15-14-12(9-17)16(13)7-8-18-2/h3-6,17H,7-9H2,1-2H3. The molecule has 1 aromatic heterocycles. The molecule has 1 N–H and O–H groups in total. The molecule has 5 heteroatoms. The Bertz CT molecular complexity index is 505. The van der Waals surface area contributed by atoms with E-state index in [-0.39, 0.29) is 6.61 Å². The van der Waals surface area contributed by atoms with E-state index < -0.39 is 0 Å². The molecule has 0 saturated heterocycles. The Hall–Kier alpha value is -1.72. The van der Waals surface area contributed by atoms with Crippen LogP contribution < -0.4 is 0 Å². The summed E-state index contributed by atoms with van der Waals surface area (Å²) in [4.78, 5) is 0. The van der Waals surface area contributed by atoms with E-state index in [0.717, 1.165) is 11.4 Å². The molecule has 1 aromatic carbocycles. The maximum absolute atomic E-state index is 9.26. The lowest BCUT2D eigenvalue weighted by Crippen LogP contribution is -2.10. The van der Waals surface area contributed by atoms with Crippen molar-refractivity contribution in [2.45, 2.75) is 20.1 Å². The van der Waals surface area contributed by atoms with Gasteiger partial charge in [0.05, 0.1) is 6.61 Å². The van der Waals surface area contributed by atoms with E-state index >= 15 is 0 Å². The number of aromatic nitrogens is 3. The topological polar surface area (TPSA) is 60.2 Å². The van der Waals surface area contributed by atoms with Gasteiger partial charge in [0.25, 0.3) is 0 Å². The summed E-state index contributed by atoms with van der Waals surface area (Å²) in [6, 6.07) is 8.07. The number of ether oxygens (including phenoxy) is 1. The molecule has 0 spiro atoms. The highest BCUT2D eigenvalue weighted by atomic mass is 16.5. The van der Waals surface area contributed by atoms with Crippen LogP contribution in [0.5, 0.6) is 0 Å². The fraction of sp³-hybridized carbons (Fsp3) is 0.385. The number of nitrogens with zero attached hydrogens (tertiary/aromatic N) is 3. The van der Waals surface area contributed by atoms with Gasteiger partial charge in [-0.3, -0.25) is 0 Å². The Morgan fingerprint density at radius 2 is 1.94 bits per heavy atom. The summed E-state index contributed by atoms with van der Waals surface area (Å²) in [7, 11) is 1.65. The van der Waals surface area contributed by atoms with Gasteiger partial charge < -0.3 is 14.4 Å². The van der Waals surface area contributed by atoms with Crippen molar-refractivity contribution < 1.29 is 9.84 Å². The van der Waals surface area contributed by atoms with E-state index in [0.29, 0.717) is 19.0 Å². The number of hydrogen-bond donors (Lipinski definition) is 1. The third-order valence-corrected chi connectivity index (χ3v) is 2.80. The average Bonchev–Trinajstić information content (AvgIpc) is 2.80. The Morgan fingerprint density at radius 1 is 1.22 bits per heavy atom. The molecule has 0 fully saturated rings. The first-order valence-electron chi connectivity index (χ1n) is 5.85. The second-order valence-corrected chi connectivity index (χ2v) is 4.11. The average molecular weight is 247 g/mol. The molecular weight excluding hydrogens is 230 g/mol. The van der Waals surface area contributed by atoms with Crippen LogP contribution in [0.4, 0.5) is 0 Å². The number of hydrogen-bond acceptors (Lipinski definition) is 4.